The van der Waals surface area contributed by atoms with Crippen LogP contribution in [0.5, 0.6) is 0 Å². The Balaban J connectivity index is 1.63. The molecule has 1 atom stereocenters. The molecule has 1 aliphatic rings. The van der Waals surface area contributed by atoms with Crippen LogP contribution in [-0.4, -0.2) is 50.3 Å². The van der Waals surface area contributed by atoms with Gasteiger partial charge in [-0.1, -0.05) is 11.6 Å². The zero-order chi connectivity index (χ0) is 14.8. The van der Waals surface area contributed by atoms with E-state index in [1.54, 1.807) is 10.9 Å². The zero-order valence-corrected chi connectivity index (χ0v) is 13.1. The van der Waals surface area contributed by atoms with E-state index in [0.29, 0.717) is 0 Å². The highest BCUT2D eigenvalue weighted by atomic mass is 35.5. The molecule has 114 valence electrons. The quantitative estimate of drug-likeness (QED) is 0.858. The Morgan fingerprint density at radius 3 is 3.00 bits per heavy atom. The molecule has 2 aromatic heterocycles. The summed E-state index contributed by atoms with van der Waals surface area (Å²) in [6.07, 6.45) is 3.92. The molecule has 1 aliphatic heterocycles. The third-order valence-corrected chi connectivity index (χ3v) is 4.30. The number of rotatable bonds is 4. The number of morpholine rings is 1. The molecular weight excluding hydrogens is 290 g/mol. The van der Waals surface area contributed by atoms with Crippen LogP contribution < -0.4 is 0 Å². The number of ether oxygens (including phenoxy) is 1. The molecule has 0 aliphatic carbocycles. The lowest BCUT2D eigenvalue weighted by molar-refractivity contribution is -0.0402. The summed E-state index contributed by atoms with van der Waals surface area (Å²) in [6.45, 7) is 6.14. The highest BCUT2D eigenvalue weighted by Gasteiger charge is 2.23. The van der Waals surface area contributed by atoms with Crippen molar-refractivity contribution in [3.05, 3.63) is 34.9 Å². The lowest BCUT2D eigenvalue weighted by Crippen LogP contribution is -2.43. The second kappa shape index (κ2) is 6.17. The fourth-order valence-corrected chi connectivity index (χ4v) is 2.96. The van der Waals surface area contributed by atoms with Gasteiger partial charge in [-0.25, -0.2) is 0 Å². The Morgan fingerprint density at radius 2 is 2.33 bits per heavy atom. The van der Waals surface area contributed by atoms with Crippen molar-refractivity contribution in [3.63, 3.8) is 0 Å². The van der Waals surface area contributed by atoms with E-state index in [1.165, 1.54) is 0 Å². The number of nitrogens with zero attached hydrogens (tertiary/aromatic N) is 5. The molecular formula is C14H20ClN5O. The molecule has 0 radical (unpaired) electrons. The van der Waals surface area contributed by atoms with Crippen molar-refractivity contribution in [3.8, 4) is 0 Å². The Morgan fingerprint density at radius 1 is 1.48 bits per heavy atom. The molecule has 0 N–H and O–H groups in total. The van der Waals surface area contributed by atoms with Gasteiger partial charge >= 0.3 is 0 Å². The summed E-state index contributed by atoms with van der Waals surface area (Å²) in [5, 5.41) is 9.33. The Kier molecular flexibility index (Phi) is 4.28. The van der Waals surface area contributed by atoms with Crippen molar-refractivity contribution in [2.75, 3.05) is 19.7 Å². The van der Waals surface area contributed by atoms with E-state index < -0.39 is 0 Å². The minimum Gasteiger partial charge on any atom is -0.374 e. The Labute approximate surface area is 129 Å². The molecule has 6 nitrogen and oxygen atoms in total. The smallest absolute Gasteiger partial charge is 0.131 e. The van der Waals surface area contributed by atoms with Crippen molar-refractivity contribution >= 4 is 11.6 Å². The number of aromatic nitrogens is 4. The summed E-state index contributed by atoms with van der Waals surface area (Å²) in [7, 11) is 1.87. The molecule has 7 heteroatoms. The van der Waals surface area contributed by atoms with Gasteiger partial charge in [0.15, 0.2) is 0 Å². The number of aryl methyl sites for hydroxylation is 2. The van der Waals surface area contributed by atoms with E-state index in [1.807, 2.05) is 30.9 Å². The van der Waals surface area contributed by atoms with Crippen molar-refractivity contribution in [1.82, 2.24) is 24.5 Å². The molecule has 21 heavy (non-hydrogen) atoms. The average Bonchev–Trinajstić information content (AvgIpc) is 3.04. The normalized spacial score (nSPS) is 20.0. The Bertz CT molecular complexity index is 595. The van der Waals surface area contributed by atoms with Crippen molar-refractivity contribution < 1.29 is 4.74 Å². The van der Waals surface area contributed by atoms with Gasteiger partial charge in [0.25, 0.3) is 0 Å². The minimum absolute atomic E-state index is 0.161. The first-order chi connectivity index (χ1) is 10.1. The lowest BCUT2D eigenvalue weighted by atomic mass is 10.2. The van der Waals surface area contributed by atoms with E-state index in [9.17, 15) is 0 Å². The molecule has 0 saturated carbocycles. The van der Waals surface area contributed by atoms with Crippen LogP contribution in [0.3, 0.4) is 0 Å². The third-order valence-electron chi connectivity index (χ3n) is 3.82. The van der Waals surface area contributed by atoms with Gasteiger partial charge in [-0.05, 0) is 13.0 Å². The molecule has 0 bridgehead atoms. The van der Waals surface area contributed by atoms with Gasteiger partial charge in [-0.2, -0.15) is 10.2 Å². The van der Waals surface area contributed by atoms with E-state index in [-0.39, 0.29) is 6.10 Å². The summed E-state index contributed by atoms with van der Waals surface area (Å²) in [6, 6.07) is 1.93. The second-order valence-corrected chi connectivity index (χ2v) is 5.79. The maximum atomic E-state index is 6.31. The van der Waals surface area contributed by atoms with Gasteiger partial charge < -0.3 is 4.74 Å². The van der Waals surface area contributed by atoms with Crippen LogP contribution in [0.1, 0.15) is 11.3 Å². The second-order valence-electron chi connectivity index (χ2n) is 5.43. The maximum absolute atomic E-state index is 6.31. The van der Waals surface area contributed by atoms with Crippen molar-refractivity contribution in [1.29, 1.82) is 0 Å². The van der Waals surface area contributed by atoms with Gasteiger partial charge in [0.2, 0.25) is 0 Å². The van der Waals surface area contributed by atoms with E-state index in [2.05, 4.69) is 15.1 Å². The van der Waals surface area contributed by atoms with Gasteiger partial charge in [0.05, 0.1) is 24.9 Å². The first-order valence-corrected chi connectivity index (χ1v) is 7.50. The summed E-state index contributed by atoms with van der Waals surface area (Å²) >= 11 is 6.31. The van der Waals surface area contributed by atoms with Crippen LogP contribution in [0.15, 0.2) is 18.5 Å². The number of hydrogen-bond donors (Lipinski definition) is 0. The van der Waals surface area contributed by atoms with Gasteiger partial charge in [-0.15, -0.1) is 0 Å². The molecule has 3 rings (SSSR count). The van der Waals surface area contributed by atoms with Crippen LogP contribution in [0.25, 0.3) is 0 Å². The molecule has 1 fully saturated rings. The molecule has 0 amide bonds. The van der Waals surface area contributed by atoms with Gasteiger partial charge in [0.1, 0.15) is 5.15 Å². The van der Waals surface area contributed by atoms with Crippen molar-refractivity contribution in [2.45, 2.75) is 26.1 Å². The van der Waals surface area contributed by atoms with Crippen LogP contribution in [0.2, 0.25) is 5.15 Å². The zero-order valence-electron chi connectivity index (χ0n) is 12.4. The van der Waals surface area contributed by atoms with E-state index >= 15 is 0 Å². The topological polar surface area (TPSA) is 48.1 Å². The summed E-state index contributed by atoms with van der Waals surface area (Å²) in [5.41, 5.74) is 2.11. The molecule has 2 aromatic rings. The van der Waals surface area contributed by atoms with E-state index in [4.69, 9.17) is 16.3 Å². The largest absolute Gasteiger partial charge is 0.374 e. The van der Waals surface area contributed by atoms with Crippen LogP contribution in [0.4, 0.5) is 0 Å². The molecule has 0 spiro atoms. The molecule has 3 heterocycles. The van der Waals surface area contributed by atoms with E-state index in [0.717, 1.165) is 49.2 Å². The average molecular weight is 310 g/mol. The first-order valence-electron chi connectivity index (χ1n) is 7.13. The third kappa shape index (κ3) is 3.28. The maximum Gasteiger partial charge on any atom is 0.131 e. The number of halogens is 1. The predicted octanol–water partition coefficient (Wildman–Crippen LogP) is 1.48. The van der Waals surface area contributed by atoms with Crippen molar-refractivity contribution in [2.24, 2.45) is 7.05 Å². The first kappa shape index (κ1) is 14.6. The Hall–Kier alpha value is -1.37. The molecule has 0 unspecified atom stereocenters. The van der Waals surface area contributed by atoms with Gasteiger partial charge in [-0.3, -0.25) is 14.3 Å². The fraction of sp³-hybridized carbons (Fsp3) is 0.571. The summed E-state index contributed by atoms with van der Waals surface area (Å²) < 4.78 is 9.47. The highest BCUT2D eigenvalue weighted by Crippen LogP contribution is 2.21. The number of hydrogen-bond acceptors (Lipinski definition) is 4. The monoisotopic (exact) mass is 309 g/mol. The van der Waals surface area contributed by atoms with Crippen LogP contribution in [0, 0.1) is 6.92 Å². The summed E-state index contributed by atoms with van der Waals surface area (Å²) in [4.78, 5) is 2.37. The van der Waals surface area contributed by atoms with Gasteiger partial charge in [0, 0.05) is 44.6 Å². The predicted molar refractivity (Wildman–Crippen MR) is 80.2 cm³/mol. The summed E-state index contributed by atoms with van der Waals surface area (Å²) in [5.74, 6) is 0. The minimum atomic E-state index is 0.161. The van der Waals surface area contributed by atoms with Crippen LogP contribution >= 0.6 is 11.6 Å². The standard InChI is InChI=1S/C14H20ClN5O/c1-11-13(14(15)18(2)17-11)10-19-6-7-21-12(8-19)9-20-5-3-4-16-20/h3-5,12H,6-10H2,1-2H3/t12-/m1/s1. The SMILES string of the molecule is Cc1nn(C)c(Cl)c1CN1CCO[C@@H](Cn2cccn2)C1. The highest BCUT2D eigenvalue weighted by molar-refractivity contribution is 6.30. The molecule has 1 saturated heterocycles. The fourth-order valence-electron chi connectivity index (χ4n) is 2.73. The molecule has 0 aromatic carbocycles. The lowest BCUT2D eigenvalue weighted by Gasteiger charge is -2.32. The van der Waals surface area contributed by atoms with Crippen LogP contribution in [-0.2, 0) is 24.9 Å².